The molecule has 0 bridgehead atoms. The second-order valence-electron chi connectivity index (χ2n) is 6.48. The molecule has 2 rings (SSSR count). The summed E-state index contributed by atoms with van der Waals surface area (Å²) < 4.78 is 5.81. The van der Waals surface area contributed by atoms with Crippen molar-refractivity contribution in [3.05, 3.63) is 0 Å². The SMILES string of the molecule is CC1OC(C)C(C(=O)N(CCO)C2CCCCC2)C1C. The Bertz CT molecular complexity index is 328. The Labute approximate surface area is 122 Å². The predicted molar refractivity (Wildman–Crippen MR) is 78.3 cm³/mol. The molecule has 0 radical (unpaired) electrons. The lowest BCUT2D eigenvalue weighted by Gasteiger charge is -2.37. The van der Waals surface area contributed by atoms with Crippen LogP contribution in [0.5, 0.6) is 0 Å². The van der Waals surface area contributed by atoms with Crippen LogP contribution in [-0.2, 0) is 9.53 Å². The maximum absolute atomic E-state index is 12.9. The summed E-state index contributed by atoms with van der Waals surface area (Å²) in [6.45, 7) is 6.67. The molecule has 20 heavy (non-hydrogen) atoms. The van der Waals surface area contributed by atoms with Crippen LogP contribution in [0.3, 0.4) is 0 Å². The molecule has 1 heterocycles. The Balaban J connectivity index is 2.09. The van der Waals surface area contributed by atoms with E-state index in [1.807, 2.05) is 18.7 Å². The summed E-state index contributed by atoms with van der Waals surface area (Å²) >= 11 is 0. The molecule has 0 aromatic rings. The highest BCUT2D eigenvalue weighted by Crippen LogP contribution is 2.35. The van der Waals surface area contributed by atoms with E-state index < -0.39 is 0 Å². The number of hydrogen-bond donors (Lipinski definition) is 1. The van der Waals surface area contributed by atoms with Gasteiger partial charge in [0, 0.05) is 12.6 Å². The van der Waals surface area contributed by atoms with Crippen LogP contribution in [0.15, 0.2) is 0 Å². The molecule has 4 atom stereocenters. The third-order valence-corrected chi connectivity index (χ3v) is 5.17. The van der Waals surface area contributed by atoms with E-state index in [1.54, 1.807) is 0 Å². The van der Waals surface area contributed by atoms with Crippen LogP contribution < -0.4 is 0 Å². The van der Waals surface area contributed by atoms with Crippen molar-refractivity contribution < 1.29 is 14.6 Å². The van der Waals surface area contributed by atoms with Crippen molar-refractivity contribution in [2.75, 3.05) is 13.2 Å². The quantitative estimate of drug-likeness (QED) is 0.860. The van der Waals surface area contributed by atoms with E-state index >= 15 is 0 Å². The average Bonchev–Trinajstić information content (AvgIpc) is 2.70. The van der Waals surface area contributed by atoms with Crippen LogP contribution >= 0.6 is 0 Å². The van der Waals surface area contributed by atoms with Crippen LogP contribution in [0.4, 0.5) is 0 Å². The number of hydrogen-bond acceptors (Lipinski definition) is 3. The Morgan fingerprint density at radius 1 is 1.15 bits per heavy atom. The molecule has 4 unspecified atom stereocenters. The minimum Gasteiger partial charge on any atom is -0.395 e. The van der Waals surface area contributed by atoms with Crippen LogP contribution in [0.2, 0.25) is 0 Å². The molecule has 0 aromatic heterocycles. The van der Waals surface area contributed by atoms with Crippen LogP contribution in [0.25, 0.3) is 0 Å². The number of carbonyl (C=O) groups is 1. The first-order chi connectivity index (χ1) is 9.56. The molecule has 2 aliphatic rings. The van der Waals surface area contributed by atoms with Crippen LogP contribution in [0, 0.1) is 11.8 Å². The minimum atomic E-state index is -0.0570. The largest absolute Gasteiger partial charge is 0.395 e. The van der Waals surface area contributed by atoms with Gasteiger partial charge in [0.1, 0.15) is 0 Å². The summed E-state index contributed by atoms with van der Waals surface area (Å²) in [4.78, 5) is 14.9. The van der Waals surface area contributed by atoms with E-state index in [2.05, 4.69) is 6.92 Å². The number of amides is 1. The van der Waals surface area contributed by atoms with Crippen molar-refractivity contribution in [1.29, 1.82) is 0 Å². The number of ether oxygens (including phenoxy) is 1. The topological polar surface area (TPSA) is 49.8 Å². The molecule has 0 spiro atoms. The second-order valence-corrected chi connectivity index (χ2v) is 6.48. The standard InChI is InChI=1S/C16H29NO3/c1-11-12(2)20-13(3)15(11)16(19)17(9-10-18)14-7-5-4-6-8-14/h11-15,18H,4-10H2,1-3H3. The Morgan fingerprint density at radius 2 is 1.80 bits per heavy atom. The highest BCUT2D eigenvalue weighted by Gasteiger charge is 2.44. The fourth-order valence-corrected chi connectivity index (χ4v) is 3.86. The molecule has 1 amide bonds. The van der Waals surface area contributed by atoms with Gasteiger partial charge in [0.15, 0.2) is 0 Å². The zero-order chi connectivity index (χ0) is 14.7. The Kier molecular flexibility index (Phi) is 5.44. The smallest absolute Gasteiger partial charge is 0.228 e. The Hall–Kier alpha value is -0.610. The van der Waals surface area contributed by atoms with E-state index in [-0.39, 0.29) is 36.6 Å². The molecular weight excluding hydrogens is 254 g/mol. The molecule has 4 nitrogen and oxygen atoms in total. The first-order valence-electron chi connectivity index (χ1n) is 8.13. The highest BCUT2D eigenvalue weighted by atomic mass is 16.5. The molecular formula is C16H29NO3. The predicted octanol–water partition coefficient (Wildman–Crippen LogP) is 2.20. The third-order valence-electron chi connectivity index (χ3n) is 5.17. The molecule has 116 valence electrons. The van der Waals surface area contributed by atoms with Gasteiger partial charge in [-0.3, -0.25) is 4.79 Å². The molecule has 1 aliphatic heterocycles. The van der Waals surface area contributed by atoms with Gasteiger partial charge < -0.3 is 14.7 Å². The molecule has 1 N–H and O–H groups in total. The van der Waals surface area contributed by atoms with E-state index in [9.17, 15) is 9.90 Å². The van der Waals surface area contributed by atoms with E-state index in [1.165, 1.54) is 19.3 Å². The van der Waals surface area contributed by atoms with Gasteiger partial charge in [-0.1, -0.05) is 26.2 Å². The lowest BCUT2D eigenvalue weighted by molar-refractivity contribution is -0.141. The van der Waals surface area contributed by atoms with E-state index in [0.29, 0.717) is 12.6 Å². The number of rotatable bonds is 4. The summed E-state index contributed by atoms with van der Waals surface area (Å²) in [6.07, 6.45) is 5.95. The number of carbonyl (C=O) groups excluding carboxylic acids is 1. The van der Waals surface area contributed by atoms with Gasteiger partial charge in [0.2, 0.25) is 5.91 Å². The van der Waals surface area contributed by atoms with Crippen molar-refractivity contribution in [2.24, 2.45) is 11.8 Å². The van der Waals surface area contributed by atoms with Crippen molar-refractivity contribution in [2.45, 2.75) is 71.1 Å². The van der Waals surface area contributed by atoms with Crippen LogP contribution in [-0.4, -0.2) is 47.3 Å². The van der Waals surface area contributed by atoms with Gasteiger partial charge in [-0.15, -0.1) is 0 Å². The maximum atomic E-state index is 12.9. The zero-order valence-electron chi connectivity index (χ0n) is 13.0. The van der Waals surface area contributed by atoms with Gasteiger partial charge in [0.25, 0.3) is 0 Å². The van der Waals surface area contributed by atoms with Gasteiger partial charge in [-0.25, -0.2) is 0 Å². The van der Waals surface area contributed by atoms with Gasteiger partial charge in [0.05, 0.1) is 24.7 Å². The minimum absolute atomic E-state index is 0.0164. The lowest BCUT2D eigenvalue weighted by Crippen LogP contribution is -2.48. The van der Waals surface area contributed by atoms with E-state index in [4.69, 9.17) is 4.74 Å². The molecule has 1 aliphatic carbocycles. The molecule has 1 saturated carbocycles. The average molecular weight is 283 g/mol. The maximum Gasteiger partial charge on any atom is 0.228 e. The Morgan fingerprint density at radius 3 is 2.30 bits per heavy atom. The number of aliphatic hydroxyl groups is 1. The van der Waals surface area contributed by atoms with Crippen molar-refractivity contribution in [3.63, 3.8) is 0 Å². The van der Waals surface area contributed by atoms with Crippen LogP contribution in [0.1, 0.15) is 52.9 Å². The van der Waals surface area contributed by atoms with Crippen molar-refractivity contribution in [1.82, 2.24) is 4.90 Å². The normalized spacial score (nSPS) is 35.2. The van der Waals surface area contributed by atoms with Gasteiger partial charge >= 0.3 is 0 Å². The van der Waals surface area contributed by atoms with Crippen molar-refractivity contribution in [3.8, 4) is 0 Å². The molecule has 1 saturated heterocycles. The first-order valence-corrected chi connectivity index (χ1v) is 8.13. The summed E-state index contributed by atoms with van der Waals surface area (Å²) in [5.41, 5.74) is 0. The van der Waals surface area contributed by atoms with Gasteiger partial charge in [-0.05, 0) is 32.6 Å². The highest BCUT2D eigenvalue weighted by molar-refractivity contribution is 5.80. The fraction of sp³-hybridized carbons (Fsp3) is 0.938. The third kappa shape index (κ3) is 3.17. The molecule has 0 aromatic carbocycles. The monoisotopic (exact) mass is 283 g/mol. The number of aliphatic hydroxyl groups excluding tert-OH is 1. The molecule has 2 fully saturated rings. The van der Waals surface area contributed by atoms with Gasteiger partial charge in [-0.2, -0.15) is 0 Å². The van der Waals surface area contributed by atoms with Crippen molar-refractivity contribution >= 4 is 5.91 Å². The molecule has 4 heteroatoms. The summed E-state index contributed by atoms with van der Waals surface area (Å²) in [5.74, 6) is 0.385. The van der Waals surface area contributed by atoms with E-state index in [0.717, 1.165) is 12.8 Å². The number of nitrogens with zero attached hydrogens (tertiary/aromatic N) is 1. The lowest BCUT2D eigenvalue weighted by atomic mass is 9.86. The first kappa shape index (κ1) is 15.8. The summed E-state index contributed by atoms with van der Waals surface area (Å²) in [5, 5.41) is 9.32. The zero-order valence-corrected chi connectivity index (χ0v) is 13.0. The second kappa shape index (κ2) is 6.90. The summed E-state index contributed by atoms with van der Waals surface area (Å²) in [6, 6.07) is 0.318. The fourth-order valence-electron chi connectivity index (χ4n) is 3.86. The summed E-state index contributed by atoms with van der Waals surface area (Å²) in [7, 11) is 0.